The predicted octanol–water partition coefficient (Wildman–Crippen LogP) is 2.52. The molecule has 2 aliphatic heterocycles. The topological polar surface area (TPSA) is 36.8 Å². The van der Waals surface area contributed by atoms with Gasteiger partial charge < -0.3 is 0 Å². The molecule has 0 amide bonds. The number of aliphatic imine (C=N–C) groups is 2. The van der Waals surface area contributed by atoms with E-state index in [-0.39, 0.29) is 21.2 Å². The average molecular weight is 588 g/mol. The Balaban J connectivity index is 1.26. The number of thioether (sulfide) groups is 1. The third kappa shape index (κ3) is 5.01. The third-order valence-electron chi connectivity index (χ3n) is 4.21. The molecule has 3 nitrogen and oxygen atoms in total. The average Bonchev–Trinajstić information content (AvgIpc) is 3.06. The van der Waals surface area contributed by atoms with E-state index < -0.39 is 0 Å². The molecule has 2 aromatic carbocycles. The summed E-state index contributed by atoms with van der Waals surface area (Å²) in [6.07, 6.45) is 4.62. The van der Waals surface area contributed by atoms with Gasteiger partial charge >= 0.3 is 178 Å². The van der Waals surface area contributed by atoms with E-state index in [4.69, 9.17) is 4.99 Å². The minimum atomic E-state index is -0.0392. The zero-order valence-corrected chi connectivity index (χ0v) is 19.5. The van der Waals surface area contributed by atoms with Gasteiger partial charge in [0.2, 0.25) is 0 Å². The minimum absolute atomic E-state index is 0.0392. The predicted molar refractivity (Wildman–Crippen MR) is 117 cm³/mol. The molecule has 2 aromatic rings. The number of halogens is 2. The molecule has 0 radical (unpaired) electrons. The van der Waals surface area contributed by atoms with Gasteiger partial charge in [-0.25, -0.2) is 0 Å². The molecule has 0 spiro atoms. The molecule has 0 fully saturated rings. The van der Waals surface area contributed by atoms with Gasteiger partial charge in [-0.2, -0.15) is 0 Å². The van der Waals surface area contributed by atoms with Crippen LogP contribution in [0.3, 0.4) is 0 Å². The maximum atomic E-state index is 4.84. The van der Waals surface area contributed by atoms with Crippen LogP contribution in [0, 0.1) is 7.14 Å². The fraction of sp³-hybridized carbons (Fsp3) is 0.300. The number of fused-ring (bicyclic) bond motifs is 1. The summed E-state index contributed by atoms with van der Waals surface area (Å²) in [6, 6.07) is 15.4. The van der Waals surface area contributed by atoms with Crippen molar-refractivity contribution in [2.75, 3.05) is 17.6 Å². The summed E-state index contributed by atoms with van der Waals surface area (Å²) >= 11 is 4.16. The molecule has 136 valence electrons. The van der Waals surface area contributed by atoms with E-state index in [2.05, 4.69) is 75.4 Å². The Morgan fingerprint density at radius 1 is 1.12 bits per heavy atom. The summed E-state index contributed by atoms with van der Waals surface area (Å²) in [5.41, 5.74) is 3.75. The summed E-state index contributed by atoms with van der Waals surface area (Å²) in [4.78, 5) is 9.36. The number of anilines is 1. The van der Waals surface area contributed by atoms with Gasteiger partial charge in [0.15, 0.2) is 0 Å². The van der Waals surface area contributed by atoms with Crippen LogP contribution >= 0.6 is 34.4 Å². The Hall–Kier alpha value is -0.610. The summed E-state index contributed by atoms with van der Waals surface area (Å²) < 4.78 is 4.25. The van der Waals surface area contributed by atoms with E-state index >= 15 is 0 Å². The van der Waals surface area contributed by atoms with Crippen molar-refractivity contribution in [2.45, 2.75) is 25.7 Å². The second-order valence-corrected chi connectivity index (χ2v) is 11.5. The normalized spacial score (nSPS) is 16.3. The van der Waals surface area contributed by atoms with Gasteiger partial charge in [0.1, 0.15) is 0 Å². The molecular weight excluding hydrogens is 568 g/mol. The van der Waals surface area contributed by atoms with Crippen LogP contribution in [0.5, 0.6) is 0 Å². The first-order valence-corrected chi connectivity index (χ1v) is 13.0. The Kier molecular flexibility index (Phi) is 6.53. The molecule has 1 N–H and O–H groups in total. The van der Waals surface area contributed by atoms with Gasteiger partial charge in [-0.1, -0.05) is 0 Å². The number of amidine groups is 1. The monoisotopic (exact) mass is 588 g/mol. The van der Waals surface area contributed by atoms with Gasteiger partial charge in [-0.05, 0) is 6.42 Å². The Bertz CT molecular complexity index is 847. The summed E-state index contributed by atoms with van der Waals surface area (Å²) in [5.74, 6) is 1.17. The molecule has 0 aliphatic carbocycles. The molecule has 2 heterocycles. The van der Waals surface area contributed by atoms with Crippen LogP contribution < -0.4 is 26.5 Å². The van der Waals surface area contributed by atoms with Crippen LogP contribution in [-0.2, 0) is 6.42 Å². The molecule has 0 unspecified atom stereocenters. The molecule has 4 rings (SSSR count). The molecule has 0 saturated carbocycles. The molecule has 0 bridgehead atoms. The summed E-state index contributed by atoms with van der Waals surface area (Å²) in [6.45, 7) is 0.947. The molecule has 0 aromatic heterocycles. The number of benzene rings is 2. The zero-order chi connectivity index (χ0) is 17.8. The Morgan fingerprint density at radius 2 is 2.00 bits per heavy atom. The van der Waals surface area contributed by atoms with Crippen molar-refractivity contribution in [3.63, 3.8) is 0 Å². The molecule has 26 heavy (non-hydrogen) atoms. The number of aryl methyl sites for hydroxylation is 1. The van der Waals surface area contributed by atoms with E-state index in [1.165, 1.54) is 40.7 Å². The molecule has 6 heteroatoms. The number of nitrogens with one attached hydrogen (secondary N) is 1. The van der Waals surface area contributed by atoms with Crippen molar-refractivity contribution in [1.29, 1.82) is 0 Å². The van der Waals surface area contributed by atoms with E-state index in [0.29, 0.717) is 0 Å². The van der Waals surface area contributed by atoms with Crippen molar-refractivity contribution in [1.82, 2.24) is 0 Å². The van der Waals surface area contributed by atoms with Gasteiger partial charge in [0, 0.05) is 0 Å². The van der Waals surface area contributed by atoms with E-state index in [0.717, 1.165) is 30.2 Å². The number of hydrogen-bond acceptors (Lipinski definition) is 4. The molecule has 0 atom stereocenters. The molecule has 0 saturated heterocycles. The fourth-order valence-electron chi connectivity index (χ4n) is 2.87. The SMILES string of the molecule is Ic1ccc2c(c1)[I-]C(CCCc1ccc(NC3=NCCCS3)cc1)=N2. The van der Waals surface area contributed by atoms with Crippen LogP contribution in [0.15, 0.2) is 52.4 Å². The zero-order valence-electron chi connectivity index (χ0n) is 14.3. The second kappa shape index (κ2) is 9.05. The first-order valence-electron chi connectivity index (χ1n) is 8.81. The van der Waals surface area contributed by atoms with Crippen LogP contribution in [0.4, 0.5) is 11.4 Å². The van der Waals surface area contributed by atoms with Crippen molar-refractivity contribution < 1.29 is 21.2 Å². The van der Waals surface area contributed by atoms with E-state index in [1.807, 2.05) is 11.8 Å². The van der Waals surface area contributed by atoms with Crippen molar-refractivity contribution in [2.24, 2.45) is 9.98 Å². The number of nitrogens with zero attached hydrogens (tertiary/aromatic N) is 2. The number of rotatable bonds is 5. The summed E-state index contributed by atoms with van der Waals surface area (Å²) in [5, 5.41) is 4.48. The van der Waals surface area contributed by atoms with E-state index in [9.17, 15) is 0 Å². The Labute approximate surface area is 183 Å². The standard InChI is InChI=1S/C20H20I2N3S/c21-15-7-10-18-17(13-15)22-19(25-18)4-1-3-14-5-8-16(9-6-14)24-20-23-11-2-12-26-20/h5-10,13H,1-4,11-12H2,(H,23,24)/q-1. The van der Waals surface area contributed by atoms with Crippen LogP contribution in [0.1, 0.15) is 24.8 Å². The third-order valence-corrected chi connectivity index (χ3v) is 8.73. The van der Waals surface area contributed by atoms with Gasteiger partial charge in [0.05, 0.1) is 0 Å². The van der Waals surface area contributed by atoms with Gasteiger partial charge in [0.25, 0.3) is 0 Å². The second-order valence-electron chi connectivity index (χ2n) is 6.24. The molecular formula is C20H20I2N3S-. The maximum absolute atomic E-state index is 4.84. The summed E-state index contributed by atoms with van der Waals surface area (Å²) in [7, 11) is 0. The van der Waals surface area contributed by atoms with Crippen molar-refractivity contribution in [3.8, 4) is 0 Å². The number of hydrogen-bond donors (Lipinski definition) is 1. The van der Waals surface area contributed by atoms with Crippen LogP contribution in [-0.4, -0.2) is 21.2 Å². The Morgan fingerprint density at radius 3 is 2.81 bits per heavy atom. The van der Waals surface area contributed by atoms with Gasteiger partial charge in [-0.3, -0.25) is 0 Å². The molecule has 2 aliphatic rings. The first kappa shape index (κ1) is 18.7. The first-order chi connectivity index (χ1) is 12.8. The van der Waals surface area contributed by atoms with Crippen molar-refractivity contribution in [3.05, 3.63) is 55.2 Å². The van der Waals surface area contributed by atoms with E-state index in [1.54, 1.807) is 0 Å². The van der Waals surface area contributed by atoms with Gasteiger partial charge in [-0.15, -0.1) is 0 Å². The fourth-order valence-corrected chi connectivity index (χ4v) is 7.57. The van der Waals surface area contributed by atoms with Crippen LogP contribution in [0.2, 0.25) is 0 Å². The van der Waals surface area contributed by atoms with Crippen molar-refractivity contribution >= 4 is 54.6 Å². The van der Waals surface area contributed by atoms with Crippen LogP contribution in [0.25, 0.3) is 0 Å². The quantitative estimate of drug-likeness (QED) is 0.546.